The SMILES string of the molecule is O=C(O)c1cccn1Cc1cnn(-c2ccccc2)c1. The van der Waals surface area contributed by atoms with E-state index < -0.39 is 5.97 Å². The van der Waals surface area contributed by atoms with Crippen LogP contribution in [0.4, 0.5) is 0 Å². The summed E-state index contributed by atoms with van der Waals surface area (Å²) in [5.41, 5.74) is 2.20. The van der Waals surface area contributed by atoms with Gasteiger partial charge in [-0.1, -0.05) is 18.2 Å². The average molecular weight is 267 g/mol. The number of nitrogens with zero attached hydrogens (tertiary/aromatic N) is 3. The van der Waals surface area contributed by atoms with Gasteiger partial charge in [0, 0.05) is 18.0 Å². The van der Waals surface area contributed by atoms with Crippen molar-refractivity contribution in [3.63, 3.8) is 0 Å². The van der Waals surface area contributed by atoms with Crippen molar-refractivity contribution in [3.05, 3.63) is 72.3 Å². The zero-order valence-electron chi connectivity index (χ0n) is 10.7. The summed E-state index contributed by atoms with van der Waals surface area (Å²) in [6, 6.07) is 13.1. The van der Waals surface area contributed by atoms with E-state index in [-0.39, 0.29) is 5.69 Å². The van der Waals surface area contributed by atoms with Crippen LogP contribution in [0, 0.1) is 0 Å². The minimum absolute atomic E-state index is 0.275. The number of aromatic carboxylic acids is 1. The molecular weight excluding hydrogens is 254 g/mol. The molecule has 0 aliphatic carbocycles. The summed E-state index contributed by atoms with van der Waals surface area (Å²) in [4.78, 5) is 11.1. The Kier molecular flexibility index (Phi) is 3.09. The average Bonchev–Trinajstić information content (AvgIpc) is 3.09. The summed E-state index contributed by atoms with van der Waals surface area (Å²) >= 11 is 0. The molecule has 0 amide bonds. The van der Waals surface area contributed by atoms with E-state index in [9.17, 15) is 4.79 Å². The molecule has 0 saturated heterocycles. The minimum atomic E-state index is -0.926. The zero-order valence-corrected chi connectivity index (χ0v) is 10.7. The van der Waals surface area contributed by atoms with Crippen LogP contribution in [0.5, 0.6) is 0 Å². The molecule has 100 valence electrons. The Morgan fingerprint density at radius 3 is 2.70 bits per heavy atom. The molecule has 1 N–H and O–H groups in total. The Balaban J connectivity index is 1.84. The molecule has 3 aromatic rings. The Bertz CT molecular complexity index is 728. The van der Waals surface area contributed by atoms with E-state index in [4.69, 9.17) is 5.11 Å². The molecule has 5 nitrogen and oxygen atoms in total. The molecule has 20 heavy (non-hydrogen) atoms. The Labute approximate surface area is 115 Å². The van der Waals surface area contributed by atoms with Gasteiger partial charge in [-0.05, 0) is 24.3 Å². The van der Waals surface area contributed by atoms with Crippen LogP contribution in [0.1, 0.15) is 16.1 Å². The zero-order chi connectivity index (χ0) is 13.9. The highest BCUT2D eigenvalue weighted by Crippen LogP contribution is 2.11. The molecule has 5 heteroatoms. The van der Waals surface area contributed by atoms with Gasteiger partial charge in [-0.15, -0.1) is 0 Å². The fourth-order valence-electron chi connectivity index (χ4n) is 2.11. The van der Waals surface area contributed by atoms with Crippen LogP contribution in [0.2, 0.25) is 0 Å². The molecule has 2 heterocycles. The summed E-state index contributed by atoms with van der Waals surface area (Å²) < 4.78 is 3.47. The molecule has 2 aromatic heterocycles. The third kappa shape index (κ3) is 2.33. The van der Waals surface area contributed by atoms with Crippen molar-refractivity contribution in [2.24, 2.45) is 0 Å². The van der Waals surface area contributed by atoms with Crippen LogP contribution >= 0.6 is 0 Å². The van der Waals surface area contributed by atoms with Gasteiger partial charge < -0.3 is 9.67 Å². The molecule has 0 atom stereocenters. The molecular formula is C15H13N3O2. The van der Waals surface area contributed by atoms with Crippen LogP contribution in [0.25, 0.3) is 5.69 Å². The van der Waals surface area contributed by atoms with Gasteiger partial charge in [-0.2, -0.15) is 5.10 Å². The first kappa shape index (κ1) is 12.2. The number of rotatable bonds is 4. The predicted molar refractivity (Wildman–Crippen MR) is 74.1 cm³/mol. The molecule has 0 aliphatic rings. The number of aromatic nitrogens is 3. The van der Waals surface area contributed by atoms with Crippen LogP contribution in [-0.2, 0) is 6.54 Å². The van der Waals surface area contributed by atoms with Gasteiger partial charge in [0.2, 0.25) is 0 Å². The van der Waals surface area contributed by atoms with Crippen LogP contribution in [0.3, 0.4) is 0 Å². The summed E-state index contributed by atoms with van der Waals surface area (Å²) in [6.07, 6.45) is 5.41. The van der Waals surface area contributed by atoms with E-state index in [2.05, 4.69) is 5.10 Å². The summed E-state index contributed by atoms with van der Waals surface area (Å²) in [6.45, 7) is 0.488. The number of carboxylic acids is 1. The lowest BCUT2D eigenvalue weighted by atomic mass is 10.3. The van der Waals surface area contributed by atoms with Crippen LogP contribution in [-0.4, -0.2) is 25.4 Å². The maximum atomic E-state index is 11.1. The maximum Gasteiger partial charge on any atom is 0.352 e. The largest absolute Gasteiger partial charge is 0.477 e. The molecule has 0 bridgehead atoms. The lowest BCUT2D eigenvalue weighted by molar-refractivity contribution is 0.0685. The topological polar surface area (TPSA) is 60.0 Å². The first-order valence-electron chi connectivity index (χ1n) is 6.21. The van der Waals surface area contributed by atoms with E-state index in [1.807, 2.05) is 36.5 Å². The van der Waals surface area contributed by atoms with Crippen molar-refractivity contribution in [1.82, 2.24) is 14.3 Å². The molecule has 0 radical (unpaired) electrons. The molecule has 0 unspecified atom stereocenters. The first-order valence-corrected chi connectivity index (χ1v) is 6.21. The molecule has 0 saturated carbocycles. The fraction of sp³-hybridized carbons (Fsp3) is 0.0667. The fourth-order valence-corrected chi connectivity index (χ4v) is 2.11. The lowest BCUT2D eigenvalue weighted by Gasteiger charge is -2.03. The van der Waals surface area contributed by atoms with Crippen molar-refractivity contribution in [2.75, 3.05) is 0 Å². The third-order valence-electron chi connectivity index (χ3n) is 3.06. The van der Waals surface area contributed by atoms with E-state index in [0.29, 0.717) is 6.54 Å². The standard InChI is InChI=1S/C15H13N3O2/c19-15(20)14-7-4-8-17(14)10-12-9-16-18(11-12)13-5-2-1-3-6-13/h1-9,11H,10H2,(H,19,20). The highest BCUT2D eigenvalue weighted by Gasteiger charge is 2.09. The van der Waals surface area contributed by atoms with Crippen LogP contribution in [0.15, 0.2) is 61.1 Å². The smallest absolute Gasteiger partial charge is 0.352 e. The van der Waals surface area contributed by atoms with E-state index in [1.165, 1.54) is 0 Å². The van der Waals surface area contributed by atoms with Gasteiger partial charge in [0.15, 0.2) is 0 Å². The highest BCUT2D eigenvalue weighted by molar-refractivity contribution is 5.85. The molecule has 1 aromatic carbocycles. The maximum absolute atomic E-state index is 11.1. The van der Waals surface area contributed by atoms with Crippen molar-refractivity contribution in [1.29, 1.82) is 0 Å². The van der Waals surface area contributed by atoms with Crippen LogP contribution < -0.4 is 0 Å². The van der Waals surface area contributed by atoms with Crippen molar-refractivity contribution < 1.29 is 9.90 Å². The Morgan fingerprint density at radius 2 is 1.95 bits per heavy atom. The van der Waals surface area contributed by atoms with Gasteiger partial charge in [0.05, 0.1) is 18.4 Å². The second kappa shape index (κ2) is 5.05. The second-order valence-electron chi connectivity index (χ2n) is 4.46. The summed E-state index contributed by atoms with van der Waals surface area (Å²) in [5, 5.41) is 13.4. The Hall–Kier alpha value is -2.82. The predicted octanol–water partition coefficient (Wildman–Crippen LogP) is 2.42. The highest BCUT2D eigenvalue weighted by atomic mass is 16.4. The molecule has 3 rings (SSSR count). The van der Waals surface area contributed by atoms with Crippen molar-refractivity contribution in [2.45, 2.75) is 6.54 Å². The molecule has 0 aliphatic heterocycles. The van der Waals surface area contributed by atoms with Gasteiger partial charge in [0.25, 0.3) is 0 Å². The van der Waals surface area contributed by atoms with Gasteiger partial charge in [-0.25, -0.2) is 9.48 Å². The number of carboxylic acid groups (broad SMARTS) is 1. The minimum Gasteiger partial charge on any atom is -0.477 e. The van der Waals surface area contributed by atoms with E-state index >= 15 is 0 Å². The summed E-state index contributed by atoms with van der Waals surface area (Å²) in [7, 11) is 0. The number of hydrogen-bond donors (Lipinski definition) is 1. The monoisotopic (exact) mass is 267 g/mol. The number of benzene rings is 1. The normalized spacial score (nSPS) is 10.6. The molecule has 0 spiro atoms. The van der Waals surface area contributed by atoms with Gasteiger partial charge >= 0.3 is 5.97 Å². The quantitative estimate of drug-likeness (QED) is 0.789. The lowest BCUT2D eigenvalue weighted by Crippen LogP contribution is -2.08. The van der Waals surface area contributed by atoms with E-state index in [1.54, 1.807) is 33.8 Å². The second-order valence-corrected chi connectivity index (χ2v) is 4.46. The van der Waals surface area contributed by atoms with Crippen molar-refractivity contribution in [3.8, 4) is 5.69 Å². The summed E-state index contributed by atoms with van der Waals surface area (Å²) in [5.74, 6) is -0.926. The van der Waals surface area contributed by atoms with E-state index in [0.717, 1.165) is 11.3 Å². The Morgan fingerprint density at radius 1 is 1.15 bits per heavy atom. The first-order chi connectivity index (χ1) is 9.74. The number of hydrogen-bond acceptors (Lipinski definition) is 2. The van der Waals surface area contributed by atoms with Gasteiger partial charge in [0.1, 0.15) is 5.69 Å². The number of carbonyl (C=O) groups is 1. The van der Waals surface area contributed by atoms with Crippen molar-refractivity contribution >= 4 is 5.97 Å². The number of para-hydroxylation sites is 1. The third-order valence-corrected chi connectivity index (χ3v) is 3.06. The van der Waals surface area contributed by atoms with Gasteiger partial charge in [-0.3, -0.25) is 0 Å². The molecule has 0 fully saturated rings.